The summed E-state index contributed by atoms with van der Waals surface area (Å²) in [6.45, 7) is 7.71. The highest BCUT2D eigenvalue weighted by molar-refractivity contribution is 5.89. The number of aliphatic hydroxyl groups excluding tert-OH is 1. The van der Waals surface area contributed by atoms with Gasteiger partial charge in [0.25, 0.3) is 5.91 Å². The number of nitrogens with one attached hydrogen (secondary N) is 2. The molecule has 0 saturated carbocycles. The molecular formula is C17H28N2O6. The van der Waals surface area contributed by atoms with E-state index in [1.165, 1.54) is 13.2 Å². The molecule has 8 nitrogen and oxygen atoms in total. The van der Waals surface area contributed by atoms with Crippen molar-refractivity contribution in [3.63, 3.8) is 0 Å². The number of ether oxygens (including phenoxy) is 3. The molecule has 142 valence electrons. The van der Waals surface area contributed by atoms with Crippen LogP contribution in [0.1, 0.15) is 33.1 Å². The van der Waals surface area contributed by atoms with Gasteiger partial charge in [0.15, 0.2) is 11.9 Å². The van der Waals surface area contributed by atoms with Crippen LogP contribution in [0.15, 0.2) is 12.7 Å². The normalized spacial score (nSPS) is 31.5. The van der Waals surface area contributed by atoms with Crippen molar-refractivity contribution in [3.05, 3.63) is 12.7 Å². The summed E-state index contributed by atoms with van der Waals surface area (Å²) in [6.07, 6.45) is -0.0671. The number of amides is 2. The Labute approximate surface area is 147 Å². The SMILES string of the molecule is C=C[C@H]1OC(C)(C)O[C@@H]1[C@@H](O)[C@@H](OC)C(=O)N[C@H]1CCCCNC1=O. The van der Waals surface area contributed by atoms with Crippen molar-refractivity contribution in [2.24, 2.45) is 0 Å². The van der Waals surface area contributed by atoms with Crippen molar-refractivity contribution in [2.45, 2.75) is 69.4 Å². The average molecular weight is 356 g/mol. The minimum atomic E-state index is -1.27. The van der Waals surface area contributed by atoms with E-state index in [0.717, 1.165) is 12.8 Å². The third-order valence-corrected chi connectivity index (χ3v) is 4.41. The Morgan fingerprint density at radius 1 is 1.48 bits per heavy atom. The standard InChI is InChI=1S/C17H28N2O6/c1-5-11-13(25-17(2,3)24-11)12(20)14(23-4)16(22)19-10-8-6-7-9-18-15(10)21/h5,10-14,20H,1,6-9H2,2-4H3,(H,18,21)(H,19,22)/t10-,11+,12+,13-,14+/m0/s1. The number of carbonyl (C=O) groups is 2. The summed E-state index contributed by atoms with van der Waals surface area (Å²) in [5, 5.41) is 16.0. The summed E-state index contributed by atoms with van der Waals surface area (Å²) in [7, 11) is 1.32. The average Bonchev–Trinajstić information content (AvgIpc) is 2.74. The Morgan fingerprint density at radius 3 is 2.84 bits per heavy atom. The lowest BCUT2D eigenvalue weighted by molar-refractivity contribution is -0.169. The molecule has 0 aliphatic carbocycles. The molecule has 25 heavy (non-hydrogen) atoms. The van der Waals surface area contributed by atoms with Gasteiger partial charge in [-0.15, -0.1) is 6.58 Å². The van der Waals surface area contributed by atoms with Crippen molar-refractivity contribution >= 4 is 11.8 Å². The van der Waals surface area contributed by atoms with E-state index in [-0.39, 0.29) is 5.91 Å². The molecule has 2 heterocycles. The largest absolute Gasteiger partial charge is 0.387 e. The van der Waals surface area contributed by atoms with Gasteiger partial charge < -0.3 is 30.0 Å². The predicted octanol–water partition coefficient (Wildman–Crippen LogP) is -0.147. The van der Waals surface area contributed by atoms with E-state index in [9.17, 15) is 14.7 Å². The second-order valence-corrected chi connectivity index (χ2v) is 6.80. The monoisotopic (exact) mass is 356 g/mol. The minimum Gasteiger partial charge on any atom is -0.387 e. The molecule has 2 rings (SSSR count). The molecule has 0 unspecified atom stereocenters. The summed E-state index contributed by atoms with van der Waals surface area (Å²) in [5.41, 5.74) is 0. The number of rotatable bonds is 6. The van der Waals surface area contributed by atoms with Crippen LogP contribution in [0.2, 0.25) is 0 Å². The Kier molecular flexibility index (Phi) is 6.56. The summed E-state index contributed by atoms with van der Waals surface area (Å²) in [6, 6.07) is -0.632. The molecule has 2 saturated heterocycles. The van der Waals surface area contributed by atoms with Crippen molar-refractivity contribution in [3.8, 4) is 0 Å². The molecule has 2 aliphatic rings. The molecule has 0 spiro atoms. The Morgan fingerprint density at radius 2 is 2.20 bits per heavy atom. The number of hydrogen-bond donors (Lipinski definition) is 3. The summed E-state index contributed by atoms with van der Waals surface area (Å²) in [4.78, 5) is 24.5. The van der Waals surface area contributed by atoms with Gasteiger partial charge in [0, 0.05) is 13.7 Å². The lowest BCUT2D eigenvalue weighted by atomic mass is 10.0. The molecule has 0 aromatic heterocycles. The highest BCUT2D eigenvalue weighted by Crippen LogP contribution is 2.31. The van der Waals surface area contributed by atoms with Crippen molar-refractivity contribution in [1.82, 2.24) is 10.6 Å². The van der Waals surface area contributed by atoms with Crippen LogP contribution in [-0.4, -0.2) is 66.8 Å². The Bertz CT molecular complexity index is 509. The summed E-state index contributed by atoms with van der Waals surface area (Å²) >= 11 is 0. The fourth-order valence-electron chi connectivity index (χ4n) is 3.17. The van der Waals surface area contributed by atoms with Gasteiger partial charge in [-0.3, -0.25) is 9.59 Å². The number of methoxy groups -OCH3 is 1. The lowest BCUT2D eigenvalue weighted by Gasteiger charge is -2.28. The third kappa shape index (κ3) is 4.78. The molecule has 2 fully saturated rings. The van der Waals surface area contributed by atoms with Crippen LogP contribution in [0.5, 0.6) is 0 Å². The maximum absolute atomic E-state index is 12.6. The smallest absolute Gasteiger partial charge is 0.252 e. The summed E-state index contributed by atoms with van der Waals surface area (Å²) in [5.74, 6) is -1.69. The number of hydrogen-bond acceptors (Lipinski definition) is 6. The quantitative estimate of drug-likeness (QED) is 0.572. The summed E-state index contributed by atoms with van der Waals surface area (Å²) < 4.78 is 16.5. The molecule has 0 aromatic rings. The van der Waals surface area contributed by atoms with E-state index in [1.807, 2.05) is 0 Å². The van der Waals surface area contributed by atoms with E-state index >= 15 is 0 Å². The van der Waals surface area contributed by atoms with Crippen molar-refractivity contribution in [1.29, 1.82) is 0 Å². The highest BCUT2D eigenvalue weighted by Gasteiger charge is 2.47. The maximum atomic E-state index is 12.6. The van der Waals surface area contributed by atoms with Crippen LogP contribution in [0.4, 0.5) is 0 Å². The highest BCUT2D eigenvalue weighted by atomic mass is 16.8. The molecule has 0 radical (unpaired) electrons. The van der Waals surface area contributed by atoms with Gasteiger partial charge in [-0.05, 0) is 33.1 Å². The van der Waals surface area contributed by atoms with Gasteiger partial charge in [-0.2, -0.15) is 0 Å². The van der Waals surface area contributed by atoms with E-state index in [4.69, 9.17) is 14.2 Å². The second kappa shape index (κ2) is 8.27. The second-order valence-electron chi connectivity index (χ2n) is 6.80. The fourth-order valence-corrected chi connectivity index (χ4v) is 3.17. The van der Waals surface area contributed by atoms with E-state index in [2.05, 4.69) is 17.2 Å². The fraction of sp³-hybridized carbons (Fsp3) is 0.765. The van der Waals surface area contributed by atoms with Gasteiger partial charge in [0.2, 0.25) is 5.91 Å². The van der Waals surface area contributed by atoms with Crippen LogP contribution >= 0.6 is 0 Å². The molecule has 2 amide bonds. The Balaban J connectivity index is 2.05. The number of aliphatic hydroxyl groups is 1. The zero-order chi connectivity index (χ0) is 18.6. The first kappa shape index (κ1) is 19.8. The van der Waals surface area contributed by atoms with Crippen LogP contribution < -0.4 is 10.6 Å². The molecule has 8 heteroatoms. The molecule has 3 N–H and O–H groups in total. The van der Waals surface area contributed by atoms with Gasteiger partial charge in [-0.25, -0.2) is 0 Å². The molecule has 0 bridgehead atoms. The van der Waals surface area contributed by atoms with E-state index in [1.54, 1.807) is 13.8 Å². The van der Waals surface area contributed by atoms with Gasteiger partial charge in [0.05, 0.1) is 0 Å². The van der Waals surface area contributed by atoms with Gasteiger partial charge >= 0.3 is 0 Å². The predicted molar refractivity (Wildman–Crippen MR) is 89.6 cm³/mol. The van der Waals surface area contributed by atoms with E-state index < -0.39 is 42.2 Å². The van der Waals surface area contributed by atoms with Crippen molar-refractivity contribution < 1.29 is 28.9 Å². The zero-order valence-corrected chi connectivity index (χ0v) is 15.0. The van der Waals surface area contributed by atoms with Crippen LogP contribution in [-0.2, 0) is 23.8 Å². The minimum absolute atomic E-state index is 0.222. The molecule has 0 aromatic carbocycles. The molecule has 5 atom stereocenters. The van der Waals surface area contributed by atoms with E-state index in [0.29, 0.717) is 13.0 Å². The molecule has 2 aliphatic heterocycles. The molecular weight excluding hydrogens is 328 g/mol. The van der Waals surface area contributed by atoms with Crippen molar-refractivity contribution in [2.75, 3.05) is 13.7 Å². The first-order chi connectivity index (χ1) is 11.8. The number of carbonyl (C=O) groups excluding carboxylic acids is 2. The Hall–Kier alpha value is -1.48. The first-order valence-electron chi connectivity index (χ1n) is 8.56. The lowest BCUT2D eigenvalue weighted by Crippen LogP contribution is -2.55. The zero-order valence-electron chi connectivity index (χ0n) is 15.0. The maximum Gasteiger partial charge on any atom is 0.252 e. The van der Waals surface area contributed by atoms with Gasteiger partial charge in [-0.1, -0.05) is 6.08 Å². The first-order valence-corrected chi connectivity index (χ1v) is 8.56. The third-order valence-electron chi connectivity index (χ3n) is 4.41. The topological polar surface area (TPSA) is 106 Å². The van der Waals surface area contributed by atoms with Gasteiger partial charge in [0.1, 0.15) is 24.4 Å². The van der Waals surface area contributed by atoms with Crippen LogP contribution in [0.3, 0.4) is 0 Å². The van der Waals surface area contributed by atoms with Crippen LogP contribution in [0, 0.1) is 0 Å². The van der Waals surface area contributed by atoms with Crippen LogP contribution in [0.25, 0.3) is 0 Å².